The minimum atomic E-state index is -2.90. The number of pyridine rings is 1. The van der Waals surface area contributed by atoms with Crippen LogP contribution in [0.25, 0.3) is 17.0 Å². The average molecular weight is 675 g/mol. The van der Waals surface area contributed by atoms with Gasteiger partial charge < -0.3 is 30.5 Å². The highest BCUT2D eigenvalue weighted by atomic mass is 19.3. The molecule has 258 valence electrons. The van der Waals surface area contributed by atoms with Gasteiger partial charge in [0.05, 0.1) is 31.8 Å². The third-order valence-electron chi connectivity index (χ3n) is 7.81. The number of methoxy groups -OCH3 is 1. The van der Waals surface area contributed by atoms with E-state index in [1.807, 2.05) is 6.08 Å². The fourth-order valence-electron chi connectivity index (χ4n) is 5.08. The van der Waals surface area contributed by atoms with E-state index in [4.69, 9.17) is 9.84 Å². The van der Waals surface area contributed by atoms with E-state index in [1.165, 1.54) is 37.4 Å². The maximum Gasteiger partial charge on any atom is 0.270 e. The molecule has 1 saturated heterocycles. The lowest BCUT2D eigenvalue weighted by molar-refractivity contribution is -0.138. The van der Waals surface area contributed by atoms with Crippen LogP contribution in [-0.4, -0.2) is 82.8 Å². The number of hydrogen-bond acceptors (Lipinski definition) is 7. The highest BCUT2D eigenvalue weighted by molar-refractivity contribution is 5.97. The Morgan fingerprint density at radius 1 is 1.17 bits per heavy atom. The van der Waals surface area contributed by atoms with E-state index in [1.54, 1.807) is 19.1 Å². The summed E-state index contributed by atoms with van der Waals surface area (Å²) in [6.45, 7) is 0.600. The Hall–Kier alpha value is -4.72. The zero-order valence-electron chi connectivity index (χ0n) is 26.7. The molecule has 1 aliphatic heterocycles. The van der Waals surface area contributed by atoms with E-state index in [0.717, 1.165) is 23.3 Å². The van der Waals surface area contributed by atoms with Crippen molar-refractivity contribution in [1.82, 2.24) is 20.5 Å². The summed E-state index contributed by atoms with van der Waals surface area (Å²) in [6, 6.07) is 8.51. The summed E-state index contributed by atoms with van der Waals surface area (Å²) >= 11 is 0. The van der Waals surface area contributed by atoms with Gasteiger partial charge >= 0.3 is 0 Å². The number of nitrogens with zero attached hydrogens (tertiary/aromatic N) is 2. The largest absolute Gasteiger partial charge is 0.504 e. The van der Waals surface area contributed by atoms with Crippen LogP contribution in [0.15, 0.2) is 48.5 Å². The van der Waals surface area contributed by atoms with Crippen molar-refractivity contribution < 1.29 is 46.9 Å². The summed E-state index contributed by atoms with van der Waals surface area (Å²) in [5, 5.41) is 23.9. The van der Waals surface area contributed by atoms with Crippen molar-refractivity contribution in [1.29, 1.82) is 0 Å². The second-order valence-electron chi connectivity index (χ2n) is 11.9. The zero-order valence-corrected chi connectivity index (χ0v) is 26.7. The van der Waals surface area contributed by atoms with Gasteiger partial charge in [-0.3, -0.25) is 14.4 Å². The van der Waals surface area contributed by atoms with E-state index >= 15 is 0 Å². The van der Waals surface area contributed by atoms with E-state index in [0.29, 0.717) is 35.1 Å². The second kappa shape index (κ2) is 15.5. The number of aliphatic hydroxyl groups excluding tert-OH is 1. The van der Waals surface area contributed by atoms with Crippen molar-refractivity contribution in [3.05, 3.63) is 71.2 Å². The van der Waals surface area contributed by atoms with E-state index in [-0.39, 0.29) is 24.4 Å². The molecule has 1 unspecified atom stereocenters. The number of carbonyl (C=O) groups excluding carboxylic acids is 3. The third kappa shape index (κ3) is 9.66. The van der Waals surface area contributed by atoms with Crippen LogP contribution in [0.2, 0.25) is 0 Å². The van der Waals surface area contributed by atoms with Crippen LogP contribution >= 0.6 is 0 Å². The summed E-state index contributed by atoms with van der Waals surface area (Å²) in [7, 11) is 1.45. The van der Waals surface area contributed by atoms with Gasteiger partial charge in [-0.2, -0.15) is 0 Å². The minimum absolute atomic E-state index is 0.0316. The number of likely N-dealkylation sites (tertiary alicyclic amines) is 1. The van der Waals surface area contributed by atoms with Gasteiger partial charge in [-0.1, -0.05) is 18.2 Å². The SMILES string of the molecule is CC(F)(F)CO.COc1cc(/C=C/C2CC2)c([C@H](C)NC(=O)C2C[C@@H](F)CN2C(=O)CNC(=O)c2ccc3cc(F)ccc3n2)cc1O. The number of benzene rings is 2. The van der Waals surface area contributed by atoms with Crippen molar-refractivity contribution in [2.45, 2.75) is 57.3 Å². The number of aliphatic hydroxyl groups is 1. The first-order chi connectivity index (χ1) is 22.7. The van der Waals surface area contributed by atoms with Gasteiger partial charge in [-0.15, -0.1) is 0 Å². The average Bonchev–Trinajstić information content (AvgIpc) is 3.80. The van der Waals surface area contributed by atoms with Crippen LogP contribution in [0.4, 0.5) is 17.6 Å². The summed E-state index contributed by atoms with van der Waals surface area (Å²) in [4.78, 5) is 44.3. The first kappa shape index (κ1) is 36.1. The molecule has 48 heavy (non-hydrogen) atoms. The maximum atomic E-state index is 14.5. The van der Waals surface area contributed by atoms with Crippen LogP contribution in [0.3, 0.4) is 0 Å². The number of fused-ring (bicyclic) bond motifs is 1. The Balaban J connectivity index is 0.000000794. The molecule has 0 bridgehead atoms. The highest BCUT2D eigenvalue weighted by Gasteiger charge is 2.40. The quantitative estimate of drug-likeness (QED) is 0.229. The second-order valence-corrected chi connectivity index (χ2v) is 11.9. The number of halogens is 4. The molecule has 4 N–H and O–H groups in total. The van der Waals surface area contributed by atoms with Crippen molar-refractivity contribution >= 4 is 34.7 Å². The molecule has 3 aromatic rings. The lowest BCUT2D eigenvalue weighted by atomic mass is 9.99. The topological polar surface area (TPSA) is 141 Å². The normalized spacial score (nSPS) is 18.3. The standard InChI is InChI=1S/C31H32F2N4O5.C3H6F2O/c1-17(23-14-27(38)28(42-2)12-19(23)6-5-18-3-4-18)35-31(41)26-13-22(33)16-37(26)29(39)15-34-30(40)25-9-7-20-11-21(32)8-10-24(20)36-25;1-3(4,5)2-6/h5-12,14,17-18,22,26,38H,3-4,13,15-16H2,1-2H3,(H,34,40)(H,35,41);6H,2H2,1H3/b6-5+;/t17-,22+,26?;/m0./s1. The lowest BCUT2D eigenvalue weighted by Gasteiger charge is -2.26. The molecule has 0 spiro atoms. The molecular weight excluding hydrogens is 636 g/mol. The molecule has 10 nitrogen and oxygen atoms in total. The number of hydrogen-bond donors (Lipinski definition) is 4. The molecule has 3 atom stereocenters. The fraction of sp³-hybridized carbons (Fsp3) is 0.412. The molecule has 2 fully saturated rings. The van der Waals surface area contributed by atoms with Gasteiger partial charge in [-0.25, -0.2) is 22.5 Å². The number of rotatable bonds is 10. The molecule has 3 amide bonds. The zero-order chi connectivity index (χ0) is 35.2. The van der Waals surface area contributed by atoms with Crippen molar-refractivity contribution in [3.63, 3.8) is 0 Å². The summed E-state index contributed by atoms with van der Waals surface area (Å²) in [5.74, 6) is -4.40. The third-order valence-corrected chi connectivity index (χ3v) is 7.81. The van der Waals surface area contributed by atoms with Gasteiger partial charge in [0, 0.05) is 18.7 Å². The lowest BCUT2D eigenvalue weighted by Crippen LogP contribution is -2.49. The number of amides is 3. The predicted octanol–water partition coefficient (Wildman–Crippen LogP) is 4.69. The molecule has 2 aromatic carbocycles. The monoisotopic (exact) mass is 674 g/mol. The number of alkyl halides is 3. The molecular formula is C34H38F4N4O6. The Kier molecular flexibility index (Phi) is 11.6. The van der Waals surface area contributed by atoms with Gasteiger partial charge in [0.25, 0.3) is 11.8 Å². The molecule has 5 rings (SSSR count). The summed E-state index contributed by atoms with van der Waals surface area (Å²) in [5.41, 5.74) is 1.85. The molecule has 1 saturated carbocycles. The molecule has 2 heterocycles. The number of aromatic hydroxyl groups is 1. The number of carbonyl (C=O) groups is 3. The first-order valence-electron chi connectivity index (χ1n) is 15.3. The van der Waals surface area contributed by atoms with Crippen molar-refractivity contribution in [2.75, 3.05) is 26.8 Å². The summed E-state index contributed by atoms with van der Waals surface area (Å²) < 4.78 is 55.5. The van der Waals surface area contributed by atoms with Crippen LogP contribution < -0.4 is 15.4 Å². The molecule has 14 heteroatoms. The molecule has 2 aliphatic rings. The Bertz CT molecular complexity index is 1680. The number of phenols is 1. The van der Waals surface area contributed by atoms with Crippen LogP contribution in [0, 0.1) is 11.7 Å². The Morgan fingerprint density at radius 2 is 1.88 bits per heavy atom. The van der Waals surface area contributed by atoms with Crippen LogP contribution in [-0.2, 0) is 9.59 Å². The molecule has 1 aromatic heterocycles. The highest BCUT2D eigenvalue weighted by Crippen LogP contribution is 2.36. The predicted molar refractivity (Wildman–Crippen MR) is 170 cm³/mol. The number of phenolic OH excluding ortho intramolecular Hbond substituents is 1. The van der Waals surface area contributed by atoms with Gasteiger partial charge in [0.15, 0.2) is 11.5 Å². The summed E-state index contributed by atoms with van der Waals surface area (Å²) in [6.07, 6.45) is 4.67. The van der Waals surface area contributed by atoms with E-state index in [2.05, 4.69) is 21.7 Å². The van der Waals surface area contributed by atoms with Crippen molar-refractivity contribution in [3.8, 4) is 11.5 Å². The minimum Gasteiger partial charge on any atom is -0.504 e. The Labute approximate surface area is 274 Å². The number of nitrogens with one attached hydrogen (secondary N) is 2. The van der Waals surface area contributed by atoms with E-state index in [9.17, 15) is 37.1 Å². The smallest absolute Gasteiger partial charge is 0.270 e. The van der Waals surface area contributed by atoms with Crippen LogP contribution in [0.5, 0.6) is 11.5 Å². The van der Waals surface area contributed by atoms with E-state index < -0.39 is 60.9 Å². The maximum absolute atomic E-state index is 14.5. The van der Waals surface area contributed by atoms with Gasteiger partial charge in [-0.05, 0) is 73.2 Å². The first-order valence-corrected chi connectivity index (χ1v) is 15.3. The van der Waals surface area contributed by atoms with Gasteiger partial charge in [0.2, 0.25) is 11.8 Å². The number of allylic oxidation sites excluding steroid dienone is 1. The van der Waals surface area contributed by atoms with Gasteiger partial charge in [0.1, 0.15) is 30.3 Å². The number of ether oxygens (including phenoxy) is 1. The fourth-order valence-corrected chi connectivity index (χ4v) is 5.08. The number of aromatic nitrogens is 1. The van der Waals surface area contributed by atoms with Crippen molar-refractivity contribution in [2.24, 2.45) is 5.92 Å². The Morgan fingerprint density at radius 3 is 2.52 bits per heavy atom. The molecule has 0 radical (unpaired) electrons. The van der Waals surface area contributed by atoms with Crippen LogP contribution in [0.1, 0.15) is 60.8 Å². The molecule has 1 aliphatic carbocycles.